The first-order valence-corrected chi connectivity index (χ1v) is 7.74. The highest BCUT2D eigenvalue weighted by Gasteiger charge is 2.15. The SMILES string of the molecule is CC(=O)N(CCC(=O)NCc1ccncc1)c1ccc(F)c(Cl)c1. The fourth-order valence-corrected chi connectivity index (χ4v) is 2.30. The zero-order chi connectivity index (χ0) is 17.5. The molecule has 7 heteroatoms. The van der Waals surface area contributed by atoms with Crippen LogP contribution in [0.3, 0.4) is 0 Å². The van der Waals surface area contributed by atoms with Crippen LogP contribution in [0, 0.1) is 5.82 Å². The molecule has 0 aliphatic carbocycles. The summed E-state index contributed by atoms with van der Waals surface area (Å²) in [6.07, 6.45) is 3.42. The molecule has 0 saturated heterocycles. The van der Waals surface area contributed by atoms with Crippen molar-refractivity contribution in [1.29, 1.82) is 0 Å². The molecule has 0 radical (unpaired) electrons. The van der Waals surface area contributed by atoms with Gasteiger partial charge in [0, 0.05) is 44.5 Å². The van der Waals surface area contributed by atoms with Crippen molar-refractivity contribution in [3.63, 3.8) is 0 Å². The van der Waals surface area contributed by atoms with E-state index in [1.807, 2.05) is 12.1 Å². The van der Waals surface area contributed by atoms with Crippen molar-refractivity contribution in [2.75, 3.05) is 11.4 Å². The molecule has 2 aromatic rings. The summed E-state index contributed by atoms with van der Waals surface area (Å²) in [6, 6.07) is 7.63. The largest absolute Gasteiger partial charge is 0.352 e. The molecule has 1 aromatic heterocycles. The molecule has 0 aliphatic heterocycles. The fourth-order valence-electron chi connectivity index (χ4n) is 2.12. The third-order valence-corrected chi connectivity index (χ3v) is 3.69. The van der Waals surface area contributed by atoms with Gasteiger partial charge in [-0.15, -0.1) is 0 Å². The van der Waals surface area contributed by atoms with Crippen molar-refractivity contribution in [1.82, 2.24) is 10.3 Å². The van der Waals surface area contributed by atoms with Gasteiger partial charge in [-0.1, -0.05) is 11.6 Å². The van der Waals surface area contributed by atoms with E-state index in [0.29, 0.717) is 12.2 Å². The number of amides is 2. The summed E-state index contributed by atoms with van der Waals surface area (Å²) in [4.78, 5) is 29.0. The van der Waals surface area contributed by atoms with Gasteiger partial charge in [-0.2, -0.15) is 0 Å². The van der Waals surface area contributed by atoms with E-state index in [4.69, 9.17) is 11.6 Å². The van der Waals surface area contributed by atoms with E-state index in [1.165, 1.54) is 30.0 Å². The Labute approximate surface area is 144 Å². The normalized spacial score (nSPS) is 10.3. The highest BCUT2D eigenvalue weighted by atomic mass is 35.5. The summed E-state index contributed by atoms with van der Waals surface area (Å²) < 4.78 is 13.2. The Hall–Kier alpha value is -2.47. The Kier molecular flexibility index (Phi) is 6.26. The van der Waals surface area contributed by atoms with Gasteiger partial charge in [0.05, 0.1) is 5.02 Å². The summed E-state index contributed by atoms with van der Waals surface area (Å²) in [5, 5.41) is 2.71. The first-order chi connectivity index (χ1) is 11.5. The molecule has 1 heterocycles. The van der Waals surface area contributed by atoms with Crippen LogP contribution in [0.2, 0.25) is 5.02 Å². The summed E-state index contributed by atoms with van der Waals surface area (Å²) in [7, 11) is 0. The Bertz CT molecular complexity index is 725. The molecule has 0 bridgehead atoms. The standard InChI is InChI=1S/C17H17ClFN3O2/c1-12(23)22(14-2-3-16(19)15(18)10-14)9-6-17(24)21-11-13-4-7-20-8-5-13/h2-5,7-8,10H,6,9,11H2,1H3,(H,21,24). The Morgan fingerprint density at radius 3 is 2.58 bits per heavy atom. The highest BCUT2D eigenvalue weighted by Crippen LogP contribution is 2.23. The molecule has 0 atom stereocenters. The van der Waals surface area contributed by atoms with Crippen LogP contribution in [0.15, 0.2) is 42.7 Å². The van der Waals surface area contributed by atoms with Gasteiger partial charge >= 0.3 is 0 Å². The fraction of sp³-hybridized carbons (Fsp3) is 0.235. The lowest BCUT2D eigenvalue weighted by Crippen LogP contribution is -2.33. The third kappa shape index (κ3) is 5.03. The molecule has 126 valence electrons. The van der Waals surface area contributed by atoms with Crippen LogP contribution in [0.25, 0.3) is 0 Å². The molecule has 0 saturated carbocycles. The summed E-state index contributed by atoms with van der Waals surface area (Å²) in [5.41, 5.74) is 1.39. The van der Waals surface area contributed by atoms with E-state index in [2.05, 4.69) is 10.3 Å². The van der Waals surface area contributed by atoms with Crippen molar-refractivity contribution in [2.24, 2.45) is 0 Å². The number of nitrogens with one attached hydrogen (secondary N) is 1. The maximum absolute atomic E-state index is 13.2. The van der Waals surface area contributed by atoms with Crippen LogP contribution in [0.4, 0.5) is 10.1 Å². The number of hydrogen-bond acceptors (Lipinski definition) is 3. The van der Waals surface area contributed by atoms with E-state index in [9.17, 15) is 14.0 Å². The average molecular weight is 350 g/mol. The van der Waals surface area contributed by atoms with Gasteiger partial charge in [0.15, 0.2) is 0 Å². The van der Waals surface area contributed by atoms with Crippen LogP contribution in [-0.2, 0) is 16.1 Å². The summed E-state index contributed by atoms with van der Waals surface area (Å²) in [6.45, 7) is 1.95. The lowest BCUT2D eigenvalue weighted by Gasteiger charge is -2.21. The molecular formula is C17H17ClFN3O2. The van der Waals surface area contributed by atoms with E-state index >= 15 is 0 Å². The predicted octanol–water partition coefficient (Wildman–Crippen LogP) is 2.93. The van der Waals surface area contributed by atoms with Crippen LogP contribution >= 0.6 is 11.6 Å². The average Bonchev–Trinajstić information content (AvgIpc) is 2.57. The molecule has 0 aliphatic rings. The third-order valence-electron chi connectivity index (χ3n) is 3.40. The molecule has 1 N–H and O–H groups in total. The van der Waals surface area contributed by atoms with Gasteiger partial charge in [-0.25, -0.2) is 4.39 Å². The Morgan fingerprint density at radius 2 is 1.96 bits per heavy atom. The van der Waals surface area contributed by atoms with Gasteiger partial charge in [-0.3, -0.25) is 14.6 Å². The predicted molar refractivity (Wildman–Crippen MR) is 90.1 cm³/mol. The van der Waals surface area contributed by atoms with Gasteiger partial charge < -0.3 is 10.2 Å². The number of anilines is 1. The van der Waals surface area contributed by atoms with Crippen molar-refractivity contribution >= 4 is 29.1 Å². The quantitative estimate of drug-likeness (QED) is 0.872. The zero-order valence-electron chi connectivity index (χ0n) is 13.1. The number of halogens is 2. The second-order valence-electron chi connectivity index (χ2n) is 5.15. The number of carbonyl (C=O) groups is 2. The first kappa shape index (κ1) is 17.9. The van der Waals surface area contributed by atoms with E-state index < -0.39 is 5.82 Å². The topological polar surface area (TPSA) is 62.3 Å². The number of hydrogen-bond donors (Lipinski definition) is 1. The molecule has 0 unspecified atom stereocenters. The lowest BCUT2D eigenvalue weighted by atomic mass is 10.2. The first-order valence-electron chi connectivity index (χ1n) is 7.36. The van der Waals surface area contributed by atoms with Crippen LogP contribution in [-0.4, -0.2) is 23.3 Å². The van der Waals surface area contributed by atoms with Gasteiger partial charge in [0.1, 0.15) is 5.82 Å². The number of pyridine rings is 1. The second-order valence-corrected chi connectivity index (χ2v) is 5.56. The minimum atomic E-state index is -0.556. The number of rotatable bonds is 6. The van der Waals surface area contributed by atoms with E-state index in [1.54, 1.807) is 12.4 Å². The van der Waals surface area contributed by atoms with E-state index in [-0.39, 0.29) is 29.8 Å². The van der Waals surface area contributed by atoms with Crippen LogP contribution in [0.1, 0.15) is 18.9 Å². The number of carbonyl (C=O) groups excluding carboxylic acids is 2. The van der Waals surface area contributed by atoms with Gasteiger partial charge in [-0.05, 0) is 35.9 Å². The monoisotopic (exact) mass is 349 g/mol. The number of aromatic nitrogens is 1. The zero-order valence-corrected chi connectivity index (χ0v) is 13.9. The molecule has 5 nitrogen and oxygen atoms in total. The minimum absolute atomic E-state index is 0.0686. The molecule has 24 heavy (non-hydrogen) atoms. The smallest absolute Gasteiger partial charge is 0.223 e. The maximum atomic E-state index is 13.2. The van der Waals surface area contributed by atoms with Crippen LogP contribution < -0.4 is 10.2 Å². The van der Waals surface area contributed by atoms with Crippen LogP contribution in [0.5, 0.6) is 0 Å². The van der Waals surface area contributed by atoms with Crippen molar-refractivity contribution < 1.29 is 14.0 Å². The van der Waals surface area contributed by atoms with E-state index in [0.717, 1.165) is 5.56 Å². The van der Waals surface area contributed by atoms with Gasteiger partial charge in [0.25, 0.3) is 0 Å². The Balaban J connectivity index is 1.92. The highest BCUT2D eigenvalue weighted by molar-refractivity contribution is 6.31. The molecular weight excluding hydrogens is 333 g/mol. The number of benzene rings is 1. The molecule has 0 fully saturated rings. The molecule has 2 rings (SSSR count). The lowest BCUT2D eigenvalue weighted by molar-refractivity contribution is -0.121. The molecule has 2 amide bonds. The second kappa shape index (κ2) is 8.40. The number of nitrogens with zero attached hydrogens (tertiary/aromatic N) is 2. The summed E-state index contributed by atoms with van der Waals surface area (Å²) in [5.74, 6) is -0.995. The minimum Gasteiger partial charge on any atom is -0.352 e. The summed E-state index contributed by atoms with van der Waals surface area (Å²) >= 11 is 5.75. The maximum Gasteiger partial charge on any atom is 0.223 e. The van der Waals surface area contributed by atoms with Gasteiger partial charge in [0.2, 0.25) is 11.8 Å². The van der Waals surface area contributed by atoms with Crippen molar-refractivity contribution in [3.05, 3.63) is 59.1 Å². The van der Waals surface area contributed by atoms with Crippen molar-refractivity contribution in [2.45, 2.75) is 19.9 Å². The Morgan fingerprint density at radius 1 is 1.25 bits per heavy atom. The molecule has 0 spiro atoms. The van der Waals surface area contributed by atoms with Crippen molar-refractivity contribution in [3.8, 4) is 0 Å². The molecule has 1 aromatic carbocycles.